The molecule has 3 rings (SSSR count). The maximum Gasteiger partial charge on any atom is 0.246 e. The Labute approximate surface area is 144 Å². The summed E-state index contributed by atoms with van der Waals surface area (Å²) in [5.74, 6) is 6.15. The van der Waals surface area contributed by atoms with Gasteiger partial charge in [0.25, 0.3) is 0 Å². The third kappa shape index (κ3) is 3.89. The summed E-state index contributed by atoms with van der Waals surface area (Å²) in [6, 6.07) is 7.18. The van der Waals surface area contributed by atoms with Gasteiger partial charge >= 0.3 is 0 Å². The first-order valence-corrected chi connectivity index (χ1v) is 8.58. The van der Waals surface area contributed by atoms with Gasteiger partial charge in [-0.1, -0.05) is 17.6 Å². The van der Waals surface area contributed by atoms with Crippen molar-refractivity contribution in [3.05, 3.63) is 57.6 Å². The second-order valence-corrected chi connectivity index (χ2v) is 6.35. The summed E-state index contributed by atoms with van der Waals surface area (Å²) in [4.78, 5) is 18.9. The molecular formula is C18H17N3O2S. The molecule has 0 radical (unpaired) electrons. The summed E-state index contributed by atoms with van der Waals surface area (Å²) < 4.78 is 0. The molecule has 122 valence electrons. The summed E-state index contributed by atoms with van der Waals surface area (Å²) in [5, 5.41) is 13.0. The second-order valence-electron chi connectivity index (χ2n) is 5.40. The molecule has 1 fully saturated rings. The van der Waals surface area contributed by atoms with Gasteiger partial charge in [0.2, 0.25) is 5.78 Å². The zero-order valence-electron chi connectivity index (χ0n) is 13.1. The maximum absolute atomic E-state index is 11.8. The quantitative estimate of drug-likeness (QED) is 0.403. The monoisotopic (exact) mass is 339 g/mol. The lowest BCUT2D eigenvalue weighted by atomic mass is 10.0. The SMILES string of the molecule is O=C(C#CC=C1CCN(c2ncccc2[NH2+][O-])CC1)c1cccs1. The Bertz CT molecular complexity index is 793. The number of aromatic nitrogens is 1. The van der Waals surface area contributed by atoms with Crippen LogP contribution in [0.15, 0.2) is 47.5 Å². The van der Waals surface area contributed by atoms with E-state index in [2.05, 4.69) is 21.7 Å². The van der Waals surface area contributed by atoms with Crippen LogP contribution < -0.4 is 10.4 Å². The number of hydrogen-bond acceptors (Lipinski definition) is 5. The molecule has 2 N–H and O–H groups in total. The van der Waals surface area contributed by atoms with Crippen LogP contribution in [0.5, 0.6) is 0 Å². The van der Waals surface area contributed by atoms with Crippen LogP contribution >= 0.6 is 11.3 Å². The fourth-order valence-corrected chi connectivity index (χ4v) is 3.21. The van der Waals surface area contributed by atoms with E-state index in [1.165, 1.54) is 16.9 Å². The fourth-order valence-electron chi connectivity index (χ4n) is 2.59. The van der Waals surface area contributed by atoms with Gasteiger partial charge in [-0.15, -0.1) is 11.3 Å². The molecular weight excluding hydrogens is 322 g/mol. The highest BCUT2D eigenvalue weighted by molar-refractivity contribution is 7.12. The number of carbonyl (C=O) groups is 1. The van der Waals surface area contributed by atoms with Crippen LogP contribution in [0.25, 0.3) is 0 Å². The van der Waals surface area contributed by atoms with Gasteiger partial charge in [-0.05, 0) is 42.4 Å². The number of ketones is 1. The number of rotatable bonds is 3. The molecule has 2 aromatic rings. The van der Waals surface area contributed by atoms with E-state index in [1.807, 2.05) is 17.5 Å². The van der Waals surface area contributed by atoms with E-state index in [1.54, 1.807) is 24.4 Å². The van der Waals surface area contributed by atoms with Crippen LogP contribution in [0.3, 0.4) is 0 Å². The number of anilines is 1. The molecule has 0 aliphatic carbocycles. The van der Waals surface area contributed by atoms with Crippen molar-refractivity contribution < 1.29 is 10.3 Å². The summed E-state index contributed by atoms with van der Waals surface area (Å²) in [6.07, 6.45) is 5.27. The van der Waals surface area contributed by atoms with E-state index >= 15 is 0 Å². The Morgan fingerprint density at radius 3 is 2.88 bits per heavy atom. The highest BCUT2D eigenvalue weighted by Crippen LogP contribution is 2.24. The van der Waals surface area contributed by atoms with Crippen molar-refractivity contribution >= 4 is 28.6 Å². The van der Waals surface area contributed by atoms with E-state index in [4.69, 9.17) is 0 Å². The van der Waals surface area contributed by atoms with E-state index in [-0.39, 0.29) is 5.78 Å². The molecule has 0 atom stereocenters. The highest BCUT2D eigenvalue weighted by Gasteiger charge is 2.18. The molecule has 0 bridgehead atoms. The first-order valence-electron chi connectivity index (χ1n) is 7.70. The third-order valence-electron chi connectivity index (χ3n) is 3.86. The molecule has 0 unspecified atom stereocenters. The molecule has 0 spiro atoms. The summed E-state index contributed by atoms with van der Waals surface area (Å²) in [6.45, 7) is 1.59. The van der Waals surface area contributed by atoms with Gasteiger partial charge in [-0.2, -0.15) is 0 Å². The smallest absolute Gasteiger partial charge is 0.246 e. The molecule has 5 nitrogen and oxygen atoms in total. The fraction of sp³-hybridized carbons (Fsp3) is 0.222. The van der Waals surface area contributed by atoms with E-state index in [9.17, 15) is 10.0 Å². The minimum Gasteiger partial charge on any atom is -0.630 e. The Kier molecular flexibility index (Phi) is 5.39. The van der Waals surface area contributed by atoms with Crippen molar-refractivity contribution in [2.24, 2.45) is 0 Å². The zero-order chi connectivity index (χ0) is 16.8. The molecule has 24 heavy (non-hydrogen) atoms. The first-order chi connectivity index (χ1) is 11.8. The van der Waals surface area contributed by atoms with Gasteiger partial charge in [0.15, 0.2) is 11.5 Å². The van der Waals surface area contributed by atoms with Gasteiger partial charge in [-0.3, -0.25) is 4.79 Å². The molecule has 3 heterocycles. The van der Waals surface area contributed by atoms with Crippen LogP contribution in [-0.2, 0) is 0 Å². The van der Waals surface area contributed by atoms with Crippen molar-refractivity contribution in [3.8, 4) is 11.8 Å². The number of hydrogen-bond donors (Lipinski definition) is 1. The Balaban J connectivity index is 1.60. The van der Waals surface area contributed by atoms with E-state index < -0.39 is 0 Å². The van der Waals surface area contributed by atoms with Gasteiger partial charge in [0.1, 0.15) is 0 Å². The maximum atomic E-state index is 11.8. The number of piperidine rings is 1. The van der Waals surface area contributed by atoms with Crippen molar-refractivity contribution in [2.45, 2.75) is 12.8 Å². The molecule has 2 aromatic heterocycles. The van der Waals surface area contributed by atoms with Crippen LogP contribution in [0.4, 0.5) is 11.5 Å². The summed E-state index contributed by atoms with van der Waals surface area (Å²) >= 11 is 1.40. The van der Waals surface area contributed by atoms with Gasteiger partial charge in [-0.25, -0.2) is 4.98 Å². The minimum atomic E-state index is -0.136. The van der Waals surface area contributed by atoms with Crippen LogP contribution in [0.1, 0.15) is 22.5 Å². The number of thiophene rings is 1. The predicted molar refractivity (Wildman–Crippen MR) is 95.1 cm³/mol. The van der Waals surface area contributed by atoms with Gasteiger partial charge in [0, 0.05) is 25.4 Å². The number of allylic oxidation sites excluding steroid dienone is 1. The second kappa shape index (κ2) is 7.88. The number of nitrogens with two attached hydrogens (primary N) is 1. The Morgan fingerprint density at radius 1 is 1.33 bits per heavy atom. The number of carbonyl (C=O) groups excluding carboxylic acids is 1. The van der Waals surface area contributed by atoms with Crippen LogP contribution in [-0.4, -0.2) is 23.9 Å². The van der Waals surface area contributed by atoms with Crippen molar-refractivity contribution in [1.29, 1.82) is 0 Å². The molecule has 1 aliphatic heterocycles. The number of quaternary nitrogens is 1. The zero-order valence-corrected chi connectivity index (χ0v) is 13.9. The van der Waals surface area contributed by atoms with E-state index in [0.29, 0.717) is 10.6 Å². The lowest BCUT2D eigenvalue weighted by molar-refractivity contribution is -0.496. The average Bonchev–Trinajstić information content (AvgIpc) is 3.17. The third-order valence-corrected chi connectivity index (χ3v) is 4.72. The molecule has 1 saturated heterocycles. The first kappa shape index (κ1) is 16.4. The lowest BCUT2D eigenvalue weighted by Gasteiger charge is -2.29. The van der Waals surface area contributed by atoms with Gasteiger partial charge < -0.3 is 15.6 Å². The predicted octanol–water partition coefficient (Wildman–Crippen LogP) is 2.25. The van der Waals surface area contributed by atoms with Gasteiger partial charge in [0.05, 0.1) is 4.88 Å². The number of pyridine rings is 1. The topological polar surface area (TPSA) is 72.9 Å². The standard InChI is InChI=1S/C18H17N3O2S/c22-16(17-7-3-13-24-17)6-1-4-14-8-11-21(12-9-14)18-15(20-23)5-2-10-19-18/h2-5,7,10,13H,8-9,11-12,20H2. The summed E-state index contributed by atoms with van der Waals surface area (Å²) in [7, 11) is 0. The lowest BCUT2D eigenvalue weighted by Crippen LogP contribution is -2.70. The minimum absolute atomic E-state index is 0.136. The number of Topliss-reactive ketones (excluding diaryl/α,β-unsaturated/α-hetero) is 1. The number of nitrogens with zero attached hydrogens (tertiary/aromatic N) is 2. The van der Waals surface area contributed by atoms with Crippen LogP contribution in [0, 0.1) is 17.0 Å². The van der Waals surface area contributed by atoms with Crippen molar-refractivity contribution in [1.82, 2.24) is 4.98 Å². The Hall–Kier alpha value is -2.46. The molecule has 1 aliphatic rings. The molecule has 0 saturated carbocycles. The molecule has 6 heteroatoms. The highest BCUT2D eigenvalue weighted by atomic mass is 32.1. The van der Waals surface area contributed by atoms with Crippen LogP contribution in [0.2, 0.25) is 0 Å². The summed E-state index contributed by atoms with van der Waals surface area (Å²) in [5.41, 5.74) is 2.68. The van der Waals surface area contributed by atoms with E-state index in [0.717, 1.165) is 37.2 Å². The molecule has 0 aromatic carbocycles. The van der Waals surface area contributed by atoms with Crippen molar-refractivity contribution in [2.75, 3.05) is 18.0 Å². The largest absolute Gasteiger partial charge is 0.630 e. The molecule has 0 amide bonds. The average molecular weight is 339 g/mol. The Morgan fingerprint density at radius 2 is 2.17 bits per heavy atom. The van der Waals surface area contributed by atoms with Crippen molar-refractivity contribution in [3.63, 3.8) is 0 Å². The normalized spacial score (nSPS) is 14.0.